The minimum Gasteiger partial charge on any atom is -0.381 e. The molecule has 0 bridgehead atoms. The van der Waals surface area contributed by atoms with Crippen molar-refractivity contribution in [2.75, 3.05) is 17.6 Å². The van der Waals surface area contributed by atoms with Crippen LogP contribution in [0.4, 0.5) is 11.6 Å². The molecule has 1 aromatic carbocycles. The molecule has 11 nitrogen and oxygen atoms in total. The van der Waals surface area contributed by atoms with E-state index < -0.39 is 11.9 Å². The van der Waals surface area contributed by atoms with Crippen molar-refractivity contribution in [1.82, 2.24) is 34.4 Å². The molecule has 1 atom stereocenters. The molecule has 5 aromatic rings. The van der Waals surface area contributed by atoms with Gasteiger partial charge in [0.15, 0.2) is 5.82 Å². The van der Waals surface area contributed by atoms with Gasteiger partial charge in [0.1, 0.15) is 27.7 Å². The summed E-state index contributed by atoms with van der Waals surface area (Å²) in [5.41, 5.74) is 7.84. The van der Waals surface area contributed by atoms with Crippen LogP contribution in [0, 0.1) is 11.8 Å². The molecule has 0 fully saturated rings. The number of fused-ring (bicyclic) bond motifs is 2. The molecule has 5 heterocycles. The van der Waals surface area contributed by atoms with Gasteiger partial charge in [-0.2, -0.15) is 5.10 Å². The third kappa shape index (κ3) is 4.34. The molecule has 6 rings (SSSR count). The van der Waals surface area contributed by atoms with Gasteiger partial charge < -0.3 is 16.4 Å². The second kappa shape index (κ2) is 9.62. The number of amides is 1. The van der Waals surface area contributed by atoms with Gasteiger partial charge in [-0.15, -0.1) is 16.4 Å². The Kier molecular flexibility index (Phi) is 5.97. The molecule has 1 amide bonds. The van der Waals surface area contributed by atoms with E-state index in [1.165, 1.54) is 20.6 Å². The highest BCUT2D eigenvalue weighted by Crippen LogP contribution is 2.27. The van der Waals surface area contributed by atoms with Crippen LogP contribution in [0.2, 0.25) is 0 Å². The molecule has 1 unspecified atom stereocenters. The van der Waals surface area contributed by atoms with Crippen LogP contribution in [0.5, 0.6) is 0 Å². The van der Waals surface area contributed by atoms with Gasteiger partial charge in [0, 0.05) is 31.4 Å². The molecule has 0 saturated heterocycles. The Morgan fingerprint density at radius 3 is 2.79 bits per heavy atom. The Balaban J connectivity index is 1.43. The Morgan fingerprint density at radius 2 is 2.03 bits per heavy atom. The Morgan fingerprint density at radius 1 is 1.21 bits per heavy atom. The largest absolute Gasteiger partial charge is 0.381 e. The van der Waals surface area contributed by atoms with Crippen molar-refractivity contribution in [3.05, 3.63) is 87.1 Å². The van der Waals surface area contributed by atoms with Gasteiger partial charge in [-0.1, -0.05) is 24.1 Å². The van der Waals surface area contributed by atoms with Crippen LogP contribution in [-0.2, 0) is 7.05 Å². The smallest absolute Gasteiger partial charge is 0.268 e. The van der Waals surface area contributed by atoms with Gasteiger partial charge in [-0.25, -0.2) is 9.67 Å². The first-order valence-electron chi connectivity index (χ1n) is 12.1. The monoisotopic (exact) mass is 537 g/mol. The average Bonchev–Trinajstić information content (AvgIpc) is 3.63. The van der Waals surface area contributed by atoms with Crippen molar-refractivity contribution in [3.8, 4) is 17.5 Å². The first-order chi connectivity index (χ1) is 18.9. The highest BCUT2D eigenvalue weighted by Gasteiger charge is 2.27. The lowest BCUT2D eigenvalue weighted by molar-refractivity contribution is 0.0939. The summed E-state index contributed by atoms with van der Waals surface area (Å²) < 4.78 is 4.72. The van der Waals surface area contributed by atoms with E-state index in [4.69, 9.17) is 10.7 Å². The normalized spacial score (nSPS) is 12.9. The summed E-state index contributed by atoms with van der Waals surface area (Å²) in [4.78, 5) is 32.7. The standard InChI is InChI=1S/C27H23N9O2S/c1-16(30-25(37)21-22(28)33-35-13-6-12-29-24(21)35)23-31-26-20(27(38)36(23)19-7-4-3-5-8-19)17(15-39-26)9-10-18-11-14-34(2)32-18/h3-8,11,13-16,29H,12H2,1-2H3,(H2,28,33)(H,30,37). The van der Waals surface area contributed by atoms with Gasteiger partial charge in [-0.05, 0) is 37.1 Å². The molecule has 4 aromatic heterocycles. The summed E-state index contributed by atoms with van der Waals surface area (Å²) in [5, 5.41) is 16.8. The number of nitrogens with zero attached hydrogens (tertiary/aromatic N) is 6. The number of para-hydroxylation sites is 1. The van der Waals surface area contributed by atoms with E-state index in [2.05, 4.69) is 32.7 Å². The molecule has 0 spiro atoms. The lowest BCUT2D eigenvalue weighted by Crippen LogP contribution is -2.33. The maximum atomic E-state index is 14.0. The maximum Gasteiger partial charge on any atom is 0.268 e. The molecule has 12 heteroatoms. The number of carbonyl (C=O) groups excluding carboxylic acids is 1. The van der Waals surface area contributed by atoms with Crippen LogP contribution in [-0.4, -0.2) is 41.6 Å². The molecule has 194 valence electrons. The summed E-state index contributed by atoms with van der Waals surface area (Å²) in [6.45, 7) is 2.33. The van der Waals surface area contributed by atoms with Crippen molar-refractivity contribution < 1.29 is 4.79 Å². The number of hydrogen-bond donors (Lipinski definition) is 3. The molecule has 1 aliphatic heterocycles. The fourth-order valence-corrected chi connectivity index (χ4v) is 5.29. The second-order valence-electron chi connectivity index (χ2n) is 8.91. The summed E-state index contributed by atoms with van der Waals surface area (Å²) in [6, 6.07) is 10.4. The number of benzene rings is 1. The van der Waals surface area contributed by atoms with Crippen molar-refractivity contribution in [2.24, 2.45) is 7.05 Å². The number of aromatic nitrogens is 6. The van der Waals surface area contributed by atoms with E-state index in [1.807, 2.05) is 55.0 Å². The lowest BCUT2D eigenvalue weighted by atomic mass is 10.2. The van der Waals surface area contributed by atoms with Gasteiger partial charge >= 0.3 is 0 Å². The number of rotatable bonds is 4. The summed E-state index contributed by atoms with van der Waals surface area (Å²) in [6.07, 6.45) is 5.43. The quantitative estimate of drug-likeness (QED) is 0.300. The minimum atomic E-state index is -0.644. The first kappa shape index (κ1) is 24.2. The topological polar surface area (TPSA) is 138 Å². The van der Waals surface area contributed by atoms with Gasteiger partial charge in [0.2, 0.25) is 0 Å². The zero-order valence-electron chi connectivity index (χ0n) is 21.0. The molecule has 4 N–H and O–H groups in total. The second-order valence-corrected chi connectivity index (χ2v) is 9.77. The molecular formula is C27H23N9O2S. The van der Waals surface area contributed by atoms with Gasteiger partial charge in [-0.3, -0.25) is 18.8 Å². The number of carbonyl (C=O) groups is 1. The zero-order chi connectivity index (χ0) is 27.1. The van der Waals surface area contributed by atoms with Crippen LogP contribution in [0.3, 0.4) is 0 Å². The predicted molar refractivity (Wildman–Crippen MR) is 151 cm³/mol. The van der Waals surface area contributed by atoms with Crippen molar-refractivity contribution in [2.45, 2.75) is 13.0 Å². The Hall–Kier alpha value is -5.15. The molecule has 0 saturated carbocycles. The summed E-state index contributed by atoms with van der Waals surface area (Å²) in [5.74, 6) is 6.67. The number of nitrogens with two attached hydrogens (primary N) is 1. The fraction of sp³-hybridized carbons (Fsp3) is 0.148. The van der Waals surface area contributed by atoms with E-state index in [1.54, 1.807) is 23.9 Å². The van der Waals surface area contributed by atoms with E-state index in [-0.39, 0.29) is 16.9 Å². The van der Waals surface area contributed by atoms with E-state index in [0.717, 1.165) is 0 Å². The minimum absolute atomic E-state index is 0.104. The van der Waals surface area contributed by atoms with Crippen molar-refractivity contribution in [3.63, 3.8) is 0 Å². The first-order valence-corrected chi connectivity index (χ1v) is 13.0. The SMILES string of the molecule is CC(NC(=O)c1c(N)nn2c1NCC=C2)c1nc2scc(C#Cc3ccn(C)n3)c2c(=O)n1-c1ccccc1. The summed E-state index contributed by atoms with van der Waals surface area (Å²) in [7, 11) is 1.82. The Bertz CT molecular complexity index is 1880. The number of nitrogens with one attached hydrogen (secondary N) is 2. The molecule has 0 radical (unpaired) electrons. The van der Waals surface area contributed by atoms with E-state index >= 15 is 0 Å². The number of anilines is 2. The highest BCUT2D eigenvalue weighted by molar-refractivity contribution is 7.17. The number of hydrogen-bond acceptors (Lipinski definition) is 8. The zero-order valence-corrected chi connectivity index (χ0v) is 21.9. The highest BCUT2D eigenvalue weighted by atomic mass is 32.1. The van der Waals surface area contributed by atoms with Crippen LogP contribution >= 0.6 is 11.3 Å². The Labute approximate surface area is 226 Å². The average molecular weight is 538 g/mol. The van der Waals surface area contributed by atoms with Crippen LogP contribution in [0.15, 0.2) is 58.8 Å². The molecule has 0 aliphatic carbocycles. The number of thiophene rings is 1. The third-order valence-corrected chi connectivity index (χ3v) is 7.09. The van der Waals surface area contributed by atoms with E-state index in [9.17, 15) is 9.59 Å². The van der Waals surface area contributed by atoms with E-state index in [0.29, 0.717) is 45.3 Å². The van der Waals surface area contributed by atoms with Gasteiger partial charge in [0.25, 0.3) is 11.5 Å². The lowest BCUT2D eigenvalue weighted by Gasteiger charge is -2.19. The summed E-state index contributed by atoms with van der Waals surface area (Å²) >= 11 is 1.33. The van der Waals surface area contributed by atoms with Crippen LogP contribution < -0.4 is 21.9 Å². The maximum absolute atomic E-state index is 14.0. The molecule has 1 aliphatic rings. The third-order valence-electron chi connectivity index (χ3n) is 6.22. The molecular weight excluding hydrogens is 514 g/mol. The van der Waals surface area contributed by atoms with Crippen molar-refractivity contribution in [1.29, 1.82) is 0 Å². The fourth-order valence-electron chi connectivity index (χ4n) is 4.42. The van der Waals surface area contributed by atoms with Crippen LogP contribution in [0.25, 0.3) is 22.1 Å². The number of nitrogen functional groups attached to an aromatic ring is 1. The molecule has 39 heavy (non-hydrogen) atoms. The number of aryl methyl sites for hydroxylation is 1. The van der Waals surface area contributed by atoms with Gasteiger partial charge in [0.05, 0.1) is 22.7 Å². The van der Waals surface area contributed by atoms with Crippen LogP contribution in [0.1, 0.15) is 40.4 Å². The predicted octanol–water partition coefficient (Wildman–Crippen LogP) is 2.75. The van der Waals surface area contributed by atoms with Crippen molar-refractivity contribution >= 4 is 45.3 Å².